The second-order valence-electron chi connectivity index (χ2n) is 6.48. The fraction of sp³-hybridized carbons (Fsp3) is 0.353. The minimum atomic E-state index is -4.40. The van der Waals surface area contributed by atoms with Crippen LogP contribution in [0.2, 0.25) is 0 Å². The quantitative estimate of drug-likeness (QED) is 0.893. The fourth-order valence-electron chi connectivity index (χ4n) is 2.31. The molecule has 1 unspecified atom stereocenters. The maximum atomic E-state index is 13.0. The summed E-state index contributed by atoms with van der Waals surface area (Å²) in [7, 11) is 0. The maximum absolute atomic E-state index is 13.0. The Balaban J connectivity index is 2.37. The molecule has 1 N–H and O–H groups in total. The fourth-order valence-corrected chi connectivity index (χ4v) is 2.31. The molecule has 1 atom stereocenters. The van der Waals surface area contributed by atoms with Crippen molar-refractivity contribution in [3.63, 3.8) is 0 Å². The highest BCUT2D eigenvalue weighted by molar-refractivity contribution is 5.41. The van der Waals surface area contributed by atoms with Gasteiger partial charge < -0.3 is 5.32 Å². The third-order valence-corrected chi connectivity index (χ3v) is 3.48. The smallest absolute Gasteiger partial charge is 0.361 e. The van der Waals surface area contributed by atoms with E-state index >= 15 is 0 Å². The Kier molecular flexibility index (Phi) is 4.78. The Hall–Kier alpha value is -2.62. The van der Waals surface area contributed by atoms with Crippen molar-refractivity contribution >= 4 is 5.82 Å². The van der Waals surface area contributed by atoms with Gasteiger partial charge in [-0.15, -0.1) is 10.2 Å². The van der Waals surface area contributed by atoms with Crippen LogP contribution < -0.4 is 5.32 Å². The summed E-state index contributed by atoms with van der Waals surface area (Å²) in [5, 5.41) is 19.5. The number of nitrogens with one attached hydrogen (secondary N) is 1. The topological polar surface area (TPSA) is 61.6 Å². The minimum Gasteiger partial charge on any atom is -0.361 e. The van der Waals surface area contributed by atoms with E-state index in [4.69, 9.17) is 5.26 Å². The van der Waals surface area contributed by atoms with E-state index in [9.17, 15) is 13.2 Å². The number of aromatic nitrogens is 2. The number of rotatable bonds is 3. The predicted octanol–water partition coefficient (Wildman–Crippen LogP) is 4.57. The van der Waals surface area contributed by atoms with Gasteiger partial charge in [-0.1, -0.05) is 32.9 Å². The normalized spacial score (nSPS) is 13.2. The van der Waals surface area contributed by atoms with E-state index in [0.717, 1.165) is 12.1 Å². The summed E-state index contributed by atoms with van der Waals surface area (Å²) >= 11 is 0. The van der Waals surface area contributed by atoms with Crippen LogP contribution >= 0.6 is 0 Å². The number of alkyl halides is 3. The van der Waals surface area contributed by atoms with Crippen LogP contribution in [0.5, 0.6) is 0 Å². The molecule has 0 saturated heterocycles. The first-order chi connectivity index (χ1) is 11.1. The lowest BCUT2D eigenvalue weighted by Crippen LogP contribution is -2.26. The van der Waals surface area contributed by atoms with Crippen molar-refractivity contribution in [2.75, 3.05) is 5.32 Å². The highest BCUT2D eigenvalue weighted by Gasteiger charge is 2.33. The van der Waals surface area contributed by atoms with Crippen LogP contribution in [-0.2, 0) is 6.18 Å². The molecule has 2 rings (SSSR count). The third kappa shape index (κ3) is 4.22. The van der Waals surface area contributed by atoms with Crippen molar-refractivity contribution in [1.82, 2.24) is 10.2 Å². The van der Waals surface area contributed by atoms with Crippen LogP contribution in [0.4, 0.5) is 19.0 Å². The van der Waals surface area contributed by atoms with Gasteiger partial charge in [0, 0.05) is 0 Å². The summed E-state index contributed by atoms with van der Waals surface area (Å²) in [4.78, 5) is 0. The highest BCUT2D eigenvalue weighted by Crippen LogP contribution is 2.38. The standard InChI is InChI=1S/C17H17F3N4/c1-16(2,3)15(22-14-8-7-13(10-21)23-24-14)11-5-4-6-12(9-11)17(18,19)20/h4-9,15H,1-3H3,(H,22,24). The summed E-state index contributed by atoms with van der Waals surface area (Å²) in [6.07, 6.45) is -4.40. The van der Waals surface area contributed by atoms with Gasteiger partial charge in [0.1, 0.15) is 11.9 Å². The van der Waals surface area contributed by atoms with Crippen LogP contribution in [0.25, 0.3) is 0 Å². The molecule has 0 aliphatic heterocycles. The first-order valence-electron chi connectivity index (χ1n) is 7.29. The van der Waals surface area contributed by atoms with E-state index in [1.165, 1.54) is 12.1 Å². The Morgan fingerprint density at radius 3 is 2.29 bits per heavy atom. The Bertz CT molecular complexity index is 740. The van der Waals surface area contributed by atoms with Crippen molar-refractivity contribution in [1.29, 1.82) is 5.26 Å². The van der Waals surface area contributed by atoms with Crippen LogP contribution in [-0.4, -0.2) is 10.2 Å². The number of halogens is 3. The van der Waals surface area contributed by atoms with E-state index in [2.05, 4.69) is 15.5 Å². The average Bonchev–Trinajstić information content (AvgIpc) is 2.51. The van der Waals surface area contributed by atoms with Crippen LogP contribution in [0, 0.1) is 16.7 Å². The second kappa shape index (κ2) is 6.48. The molecule has 0 aliphatic rings. The van der Waals surface area contributed by atoms with Gasteiger partial charge in [0.05, 0.1) is 11.6 Å². The lowest BCUT2D eigenvalue weighted by Gasteiger charge is -2.32. The molecule has 0 fully saturated rings. The molecular formula is C17H17F3N4. The number of hydrogen-bond donors (Lipinski definition) is 1. The third-order valence-electron chi connectivity index (χ3n) is 3.48. The van der Waals surface area contributed by atoms with Gasteiger partial charge in [0.25, 0.3) is 0 Å². The molecule has 24 heavy (non-hydrogen) atoms. The van der Waals surface area contributed by atoms with Gasteiger partial charge in [-0.3, -0.25) is 0 Å². The van der Waals surface area contributed by atoms with Gasteiger partial charge >= 0.3 is 6.18 Å². The van der Waals surface area contributed by atoms with Crippen molar-refractivity contribution < 1.29 is 13.2 Å². The Morgan fingerprint density at radius 1 is 1.08 bits per heavy atom. The number of anilines is 1. The molecule has 0 aliphatic carbocycles. The van der Waals surface area contributed by atoms with E-state index in [0.29, 0.717) is 11.4 Å². The van der Waals surface area contributed by atoms with Crippen molar-refractivity contribution in [3.05, 3.63) is 53.2 Å². The van der Waals surface area contributed by atoms with E-state index < -0.39 is 17.8 Å². The number of benzene rings is 1. The maximum Gasteiger partial charge on any atom is 0.416 e. The summed E-state index contributed by atoms with van der Waals surface area (Å²) in [5.74, 6) is 0.395. The SMILES string of the molecule is CC(C)(C)C(Nc1ccc(C#N)nn1)c1cccc(C(F)(F)F)c1. The van der Waals surface area contributed by atoms with Crippen LogP contribution in [0.15, 0.2) is 36.4 Å². The molecule has 4 nitrogen and oxygen atoms in total. The van der Waals surface area contributed by atoms with Crippen LogP contribution in [0.3, 0.4) is 0 Å². The second-order valence-corrected chi connectivity index (χ2v) is 6.48. The molecule has 0 radical (unpaired) electrons. The summed E-state index contributed by atoms with van der Waals surface area (Å²) in [6, 6.07) is 9.76. The molecule has 0 spiro atoms. The van der Waals surface area contributed by atoms with E-state index in [1.54, 1.807) is 12.1 Å². The zero-order valence-electron chi connectivity index (χ0n) is 13.5. The molecule has 1 heterocycles. The monoisotopic (exact) mass is 334 g/mol. The molecule has 2 aromatic rings. The van der Waals surface area contributed by atoms with Crippen molar-refractivity contribution in [3.8, 4) is 6.07 Å². The van der Waals surface area contributed by atoms with Crippen molar-refractivity contribution in [2.24, 2.45) is 5.41 Å². The molecule has 0 saturated carbocycles. The van der Waals surface area contributed by atoms with Gasteiger partial charge in [0.15, 0.2) is 5.69 Å². The molecule has 126 valence electrons. The predicted molar refractivity (Wildman–Crippen MR) is 84.0 cm³/mol. The molecule has 7 heteroatoms. The summed E-state index contributed by atoms with van der Waals surface area (Å²) in [6.45, 7) is 5.76. The van der Waals surface area contributed by atoms with Gasteiger partial charge in [-0.2, -0.15) is 18.4 Å². The number of hydrogen-bond acceptors (Lipinski definition) is 4. The highest BCUT2D eigenvalue weighted by atomic mass is 19.4. The molecule has 1 aromatic heterocycles. The lowest BCUT2D eigenvalue weighted by atomic mass is 9.82. The van der Waals surface area contributed by atoms with Gasteiger partial charge in [-0.25, -0.2) is 0 Å². The summed E-state index contributed by atoms with van der Waals surface area (Å²) in [5.41, 5.74) is -0.392. The van der Waals surface area contributed by atoms with E-state index in [-0.39, 0.29) is 11.1 Å². The largest absolute Gasteiger partial charge is 0.416 e. The molecule has 0 bridgehead atoms. The van der Waals surface area contributed by atoms with Crippen LogP contribution in [0.1, 0.15) is 43.6 Å². The number of nitrogens with zero attached hydrogens (tertiary/aromatic N) is 3. The van der Waals surface area contributed by atoms with Gasteiger partial charge in [0.2, 0.25) is 0 Å². The zero-order chi connectivity index (χ0) is 18.0. The molecule has 1 aromatic carbocycles. The average molecular weight is 334 g/mol. The van der Waals surface area contributed by atoms with Gasteiger partial charge in [-0.05, 0) is 35.2 Å². The molecule has 0 amide bonds. The Labute approximate surface area is 138 Å². The van der Waals surface area contributed by atoms with Crippen molar-refractivity contribution in [2.45, 2.75) is 33.0 Å². The zero-order valence-corrected chi connectivity index (χ0v) is 13.5. The Morgan fingerprint density at radius 2 is 1.79 bits per heavy atom. The first-order valence-corrected chi connectivity index (χ1v) is 7.29. The summed E-state index contributed by atoms with van der Waals surface area (Å²) < 4.78 is 38.9. The number of nitriles is 1. The minimum absolute atomic E-state index is 0.173. The first kappa shape index (κ1) is 17.7. The van der Waals surface area contributed by atoms with E-state index in [1.807, 2.05) is 26.8 Å². The lowest BCUT2D eigenvalue weighted by molar-refractivity contribution is -0.137. The molecular weight excluding hydrogens is 317 g/mol.